The van der Waals surface area contributed by atoms with Gasteiger partial charge < -0.3 is 10.3 Å². The molecule has 0 aliphatic heterocycles. The Balaban J connectivity index is 1.76. The monoisotopic (exact) mass is 250 g/mol. The molecule has 0 spiro atoms. The summed E-state index contributed by atoms with van der Waals surface area (Å²) in [6.07, 6.45) is 5.13. The van der Waals surface area contributed by atoms with Crippen molar-refractivity contribution in [1.82, 2.24) is 14.8 Å². The van der Waals surface area contributed by atoms with Crippen molar-refractivity contribution in [3.8, 4) is 0 Å². The van der Waals surface area contributed by atoms with E-state index in [0.29, 0.717) is 18.5 Å². The van der Waals surface area contributed by atoms with E-state index in [0.717, 1.165) is 16.5 Å². The van der Waals surface area contributed by atoms with Crippen LogP contribution in [0, 0.1) is 0 Å². The van der Waals surface area contributed by atoms with Gasteiger partial charge in [0.25, 0.3) is 0 Å². The first-order valence-corrected chi connectivity index (χ1v) is 7.22. The minimum atomic E-state index is 0.556. The van der Waals surface area contributed by atoms with E-state index in [1.807, 2.05) is 0 Å². The highest BCUT2D eigenvalue weighted by Gasteiger charge is 2.36. The molecule has 3 rings (SSSR count). The molecule has 17 heavy (non-hydrogen) atoms. The van der Waals surface area contributed by atoms with Crippen LogP contribution in [-0.4, -0.2) is 27.1 Å². The molecule has 0 aromatic carbocycles. The van der Waals surface area contributed by atoms with Crippen LogP contribution in [0.3, 0.4) is 0 Å². The van der Waals surface area contributed by atoms with E-state index in [9.17, 15) is 0 Å². The van der Waals surface area contributed by atoms with Gasteiger partial charge in [-0.05, 0) is 25.7 Å². The van der Waals surface area contributed by atoms with Crippen LogP contribution in [0.4, 0.5) is 0 Å². The first kappa shape index (κ1) is 11.3. The zero-order chi connectivity index (χ0) is 11.8. The number of thioether (sulfide) groups is 1. The summed E-state index contributed by atoms with van der Waals surface area (Å²) in [5, 5.41) is 9.77. The molecule has 1 aromatic rings. The number of nitrogens with zero attached hydrogens (tertiary/aromatic N) is 3. The Morgan fingerprint density at radius 3 is 2.71 bits per heavy atom. The second kappa shape index (κ2) is 4.46. The van der Waals surface area contributed by atoms with Crippen LogP contribution < -0.4 is 5.73 Å². The Morgan fingerprint density at radius 2 is 2.12 bits per heavy atom. The highest BCUT2D eigenvalue weighted by molar-refractivity contribution is 7.99. The Hall–Kier alpha value is -0.810. The summed E-state index contributed by atoms with van der Waals surface area (Å²) in [4.78, 5) is 0. The van der Waals surface area contributed by atoms with Crippen LogP contribution in [0.2, 0.25) is 0 Å². The SMILES string of the molecule is C=C(CN)CSc1nnc(C2CC2)n1C1CC1. The molecule has 92 valence electrons. The summed E-state index contributed by atoms with van der Waals surface area (Å²) >= 11 is 1.72. The second-order valence-electron chi connectivity index (χ2n) is 4.96. The summed E-state index contributed by atoms with van der Waals surface area (Å²) in [5.41, 5.74) is 6.62. The molecule has 2 N–H and O–H groups in total. The molecule has 2 aliphatic rings. The van der Waals surface area contributed by atoms with Gasteiger partial charge in [0.1, 0.15) is 5.82 Å². The van der Waals surface area contributed by atoms with Gasteiger partial charge in [-0.15, -0.1) is 10.2 Å². The summed E-state index contributed by atoms with van der Waals surface area (Å²) in [5.74, 6) is 2.75. The highest BCUT2D eigenvalue weighted by Crippen LogP contribution is 2.46. The van der Waals surface area contributed by atoms with Crippen LogP contribution in [0.1, 0.15) is 43.5 Å². The first-order valence-electron chi connectivity index (χ1n) is 6.24. The van der Waals surface area contributed by atoms with Gasteiger partial charge in [0.2, 0.25) is 0 Å². The third-order valence-electron chi connectivity index (χ3n) is 3.24. The predicted octanol–water partition coefficient (Wildman–Crippen LogP) is 2.10. The molecule has 2 aliphatic carbocycles. The van der Waals surface area contributed by atoms with Gasteiger partial charge in [0, 0.05) is 24.3 Å². The maximum Gasteiger partial charge on any atom is 0.191 e. The van der Waals surface area contributed by atoms with Crippen molar-refractivity contribution in [3.63, 3.8) is 0 Å². The molecule has 2 saturated carbocycles. The van der Waals surface area contributed by atoms with Crippen molar-refractivity contribution < 1.29 is 0 Å². The molecular formula is C12H18N4S. The number of hydrogen-bond donors (Lipinski definition) is 1. The number of rotatable bonds is 6. The van der Waals surface area contributed by atoms with Gasteiger partial charge in [-0.1, -0.05) is 23.9 Å². The van der Waals surface area contributed by atoms with E-state index in [1.165, 1.54) is 31.5 Å². The van der Waals surface area contributed by atoms with E-state index in [2.05, 4.69) is 21.3 Å². The Labute approximate surface area is 106 Å². The van der Waals surface area contributed by atoms with Crippen molar-refractivity contribution in [2.45, 2.75) is 42.8 Å². The molecule has 5 heteroatoms. The van der Waals surface area contributed by atoms with Crippen LogP contribution in [0.5, 0.6) is 0 Å². The lowest BCUT2D eigenvalue weighted by molar-refractivity contribution is 0.627. The minimum absolute atomic E-state index is 0.556. The Morgan fingerprint density at radius 1 is 1.35 bits per heavy atom. The molecule has 0 saturated heterocycles. The minimum Gasteiger partial charge on any atom is -0.327 e. The van der Waals surface area contributed by atoms with Gasteiger partial charge >= 0.3 is 0 Å². The van der Waals surface area contributed by atoms with Crippen molar-refractivity contribution in [1.29, 1.82) is 0 Å². The van der Waals surface area contributed by atoms with Crippen LogP contribution in [-0.2, 0) is 0 Å². The van der Waals surface area contributed by atoms with Gasteiger partial charge in [-0.2, -0.15) is 0 Å². The zero-order valence-corrected chi connectivity index (χ0v) is 10.7. The van der Waals surface area contributed by atoms with Crippen molar-refractivity contribution in [2.75, 3.05) is 12.3 Å². The van der Waals surface area contributed by atoms with E-state index in [-0.39, 0.29) is 0 Å². The molecule has 0 bridgehead atoms. The molecule has 1 aromatic heterocycles. The average molecular weight is 250 g/mol. The van der Waals surface area contributed by atoms with Crippen molar-refractivity contribution >= 4 is 11.8 Å². The zero-order valence-electron chi connectivity index (χ0n) is 9.93. The quantitative estimate of drug-likeness (QED) is 0.620. The molecule has 4 nitrogen and oxygen atoms in total. The predicted molar refractivity (Wildman–Crippen MR) is 69.2 cm³/mol. The lowest BCUT2D eigenvalue weighted by atomic mass is 10.4. The third kappa shape index (κ3) is 2.40. The van der Waals surface area contributed by atoms with Crippen LogP contribution in [0.25, 0.3) is 0 Å². The lowest BCUT2D eigenvalue weighted by Crippen LogP contribution is -2.05. The average Bonchev–Trinajstić information content (AvgIpc) is 3.24. The fraction of sp³-hybridized carbons (Fsp3) is 0.667. The van der Waals surface area contributed by atoms with E-state index in [4.69, 9.17) is 5.73 Å². The summed E-state index contributed by atoms with van der Waals surface area (Å²) < 4.78 is 2.37. The van der Waals surface area contributed by atoms with Gasteiger partial charge in [0.15, 0.2) is 5.16 Å². The molecule has 0 unspecified atom stereocenters. The number of nitrogens with two attached hydrogens (primary N) is 1. The topological polar surface area (TPSA) is 56.7 Å². The highest BCUT2D eigenvalue weighted by atomic mass is 32.2. The third-order valence-corrected chi connectivity index (χ3v) is 4.33. The van der Waals surface area contributed by atoms with Crippen molar-refractivity contribution in [3.05, 3.63) is 18.0 Å². The lowest BCUT2D eigenvalue weighted by Gasteiger charge is -2.08. The van der Waals surface area contributed by atoms with Gasteiger partial charge in [-0.25, -0.2) is 0 Å². The maximum absolute atomic E-state index is 5.55. The molecular weight excluding hydrogens is 232 g/mol. The van der Waals surface area contributed by atoms with E-state index in [1.54, 1.807) is 11.8 Å². The molecule has 0 radical (unpaired) electrons. The smallest absolute Gasteiger partial charge is 0.191 e. The fourth-order valence-electron chi connectivity index (χ4n) is 1.91. The molecule has 0 amide bonds. The summed E-state index contributed by atoms with van der Waals surface area (Å²) in [7, 11) is 0. The fourth-order valence-corrected chi connectivity index (χ4v) is 2.84. The van der Waals surface area contributed by atoms with Gasteiger partial charge in [-0.3, -0.25) is 0 Å². The largest absolute Gasteiger partial charge is 0.327 e. The van der Waals surface area contributed by atoms with Crippen LogP contribution >= 0.6 is 11.8 Å². The number of aromatic nitrogens is 3. The molecule has 1 heterocycles. The van der Waals surface area contributed by atoms with Crippen LogP contribution in [0.15, 0.2) is 17.3 Å². The standard InChI is InChI=1S/C12H18N4S/c1-8(6-13)7-17-12-15-14-11(9-2-3-9)16(12)10-4-5-10/h9-10H,1-7,13H2. The molecule has 0 atom stereocenters. The summed E-state index contributed by atoms with van der Waals surface area (Å²) in [6, 6.07) is 0.661. The molecule has 2 fully saturated rings. The van der Waals surface area contributed by atoms with Gasteiger partial charge in [0.05, 0.1) is 0 Å². The van der Waals surface area contributed by atoms with Crippen molar-refractivity contribution in [2.24, 2.45) is 5.73 Å². The Bertz CT molecular complexity index is 432. The van der Waals surface area contributed by atoms with E-state index >= 15 is 0 Å². The van der Waals surface area contributed by atoms with E-state index < -0.39 is 0 Å². The maximum atomic E-state index is 5.55. The normalized spacial score (nSPS) is 19.6. The Kier molecular flexibility index (Phi) is 2.96. The number of hydrogen-bond acceptors (Lipinski definition) is 4. The summed E-state index contributed by atoms with van der Waals surface area (Å²) in [6.45, 7) is 4.48. The first-order chi connectivity index (χ1) is 8.29. The second-order valence-corrected chi connectivity index (χ2v) is 5.90.